The third kappa shape index (κ3) is 4.57. The van der Waals surface area contributed by atoms with Crippen LogP contribution in [0.25, 0.3) is 0 Å². The van der Waals surface area contributed by atoms with E-state index in [9.17, 15) is 9.59 Å². The summed E-state index contributed by atoms with van der Waals surface area (Å²) < 4.78 is 7.05. The lowest BCUT2D eigenvalue weighted by Crippen LogP contribution is -2.33. The van der Waals surface area contributed by atoms with Crippen molar-refractivity contribution in [2.75, 3.05) is 32.8 Å². The molecule has 21 heavy (non-hydrogen) atoms. The molecule has 1 aromatic heterocycles. The number of rotatable bonds is 7. The van der Waals surface area contributed by atoms with Crippen LogP contribution in [0.15, 0.2) is 18.3 Å². The topological polar surface area (TPSA) is 98.4 Å². The van der Waals surface area contributed by atoms with Crippen LogP contribution < -0.4 is 16.4 Å². The Morgan fingerprint density at radius 2 is 2.19 bits per heavy atom. The molecule has 0 aliphatic carbocycles. The fourth-order valence-corrected chi connectivity index (χ4v) is 2.49. The SMILES string of the molecule is NC(=O)COCCNC(=O)c1cccn1C1CCNCC1. The quantitative estimate of drug-likeness (QED) is 0.598. The highest BCUT2D eigenvalue weighted by Gasteiger charge is 2.19. The summed E-state index contributed by atoms with van der Waals surface area (Å²) in [6, 6.07) is 4.08. The van der Waals surface area contributed by atoms with Crippen LogP contribution in [0.2, 0.25) is 0 Å². The van der Waals surface area contributed by atoms with E-state index in [-0.39, 0.29) is 19.1 Å². The molecule has 0 saturated carbocycles. The van der Waals surface area contributed by atoms with Gasteiger partial charge in [0.25, 0.3) is 5.91 Å². The molecule has 2 rings (SSSR count). The summed E-state index contributed by atoms with van der Waals surface area (Å²) in [4.78, 5) is 22.7. The molecular formula is C14H22N4O3. The van der Waals surface area contributed by atoms with Gasteiger partial charge in [0.1, 0.15) is 12.3 Å². The van der Waals surface area contributed by atoms with E-state index >= 15 is 0 Å². The summed E-state index contributed by atoms with van der Waals surface area (Å²) in [7, 11) is 0. The van der Waals surface area contributed by atoms with Crippen LogP contribution in [0.3, 0.4) is 0 Å². The number of carbonyl (C=O) groups is 2. The smallest absolute Gasteiger partial charge is 0.267 e. The summed E-state index contributed by atoms with van der Waals surface area (Å²) in [6.07, 6.45) is 4.00. The van der Waals surface area contributed by atoms with Crippen LogP contribution in [-0.2, 0) is 9.53 Å². The van der Waals surface area contributed by atoms with Crippen molar-refractivity contribution in [2.24, 2.45) is 5.73 Å². The Morgan fingerprint density at radius 3 is 2.90 bits per heavy atom. The molecule has 0 aromatic carbocycles. The van der Waals surface area contributed by atoms with Gasteiger partial charge in [-0.05, 0) is 38.1 Å². The Kier molecular flexibility index (Phi) is 5.77. The van der Waals surface area contributed by atoms with Gasteiger partial charge in [-0.2, -0.15) is 0 Å². The Bertz CT molecular complexity index is 480. The van der Waals surface area contributed by atoms with Crippen LogP contribution in [-0.4, -0.2) is 49.2 Å². The summed E-state index contributed by atoms with van der Waals surface area (Å²) in [5.74, 6) is -0.637. The van der Waals surface area contributed by atoms with E-state index in [1.807, 2.05) is 22.9 Å². The minimum Gasteiger partial charge on any atom is -0.370 e. The van der Waals surface area contributed by atoms with E-state index in [0.29, 0.717) is 18.3 Å². The van der Waals surface area contributed by atoms with Crippen molar-refractivity contribution < 1.29 is 14.3 Å². The molecule has 7 heteroatoms. The molecule has 1 fully saturated rings. The first kappa shape index (κ1) is 15.5. The second-order valence-electron chi connectivity index (χ2n) is 5.06. The number of hydrogen-bond acceptors (Lipinski definition) is 4. The number of amides is 2. The average Bonchev–Trinajstić information content (AvgIpc) is 2.97. The molecule has 1 aromatic rings. The van der Waals surface area contributed by atoms with Crippen LogP contribution in [0.5, 0.6) is 0 Å². The first-order chi connectivity index (χ1) is 10.2. The lowest BCUT2D eigenvalue weighted by atomic mass is 10.1. The Morgan fingerprint density at radius 1 is 1.43 bits per heavy atom. The van der Waals surface area contributed by atoms with E-state index in [1.165, 1.54) is 0 Å². The van der Waals surface area contributed by atoms with E-state index in [1.54, 1.807) is 0 Å². The minimum absolute atomic E-state index is 0.124. The van der Waals surface area contributed by atoms with Crippen LogP contribution >= 0.6 is 0 Å². The van der Waals surface area contributed by atoms with Gasteiger partial charge in [-0.1, -0.05) is 0 Å². The maximum absolute atomic E-state index is 12.2. The molecule has 2 amide bonds. The molecular weight excluding hydrogens is 272 g/mol. The van der Waals surface area contributed by atoms with Crippen molar-refractivity contribution in [1.82, 2.24) is 15.2 Å². The first-order valence-corrected chi connectivity index (χ1v) is 7.20. The third-order valence-electron chi connectivity index (χ3n) is 3.49. The zero-order valence-corrected chi connectivity index (χ0v) is 12.0. The second-order valence-corrected chi connectivity index (χ2v) is 5.06. The van der Waals surface area contributed by atoms with Gasteiger partial charge in [-0.3, -0.25) is 9.59 Å². The Labute approximate surface area is 123 Å². The number of ether oxygens (including phenoxy) is 1. The summed E-state index contributed by atoms with van der Waals surface area (Å²) in [5, 5.41) is 6.10. The van der Waals surface area contributed by atoms with Gasteiger partial charge in [0.15, 0.2) is 0 Å². The highest BCUT2D eigenvalue weighted by atomic mass is 16.5. The molecule has 7 nitrogen and oxygen atoms in total. The molecule has 0 spiro atoms. The molecule has 0 atom stereocenters. The van der Waals surface area contributed by atoms with Gasteiger partial charge in [0, 0.05) is 18.8 Å². The third-order valence-corrected chi connectivity index (χ3v) is 3.49. The summed E-state index contributed by atoms with van der Waals surface area (Å²) in [6.45, 7) is 2.45. The molecule has 1 aliphatic rings. The van der Waals surface area contributed by atoms with Gasteiger partial charge >= 0.3 is 0 Å². The molecule has 0 radical (unpaired) electrons. The molecule has 0 unspecified atom stereocenters. The monoisotopic (exact) mass is 294 g/mol. The molecule has 1 aliphatic heterocycles. The minimum atomic E-state index is -0.513. The second kappa shape index (κ2) is 7.80. The van der Waals surface area contributed by atoms with Crippen molar-refractivity contribution in [3.05, 3.63) is 24.0 Å². The summed E-state index contributed by atoms with van der Waals surface area (Å²) in [5.41, 5.74) is 5.62. The zero-order chi connectivity index (χ0) is 15.1. The van der Waals surface area contributed by atoms with Crippen LogP contribution in [0.4, 0.5) is 0 Å². The van der Waals surface area contributed by atoms with Crippen molar-refractivity contribution in [3.63, 3.8) is 0 Å². The maximum atomic E-state index is 12.2. The summed E-state index contributed by atoms with van der Waals surface area (Å²) >= 11 is 0. The predicted octanol–water partition coefficient (Wildman–Crippen LogP) is -0.356. The van der Waals surface area contributed by atoms with Gasteiger partial charge in [0.05, 0.1) is 6.61 Å². The normalized spacial score (nSPS) is 15.8. The van der Waals surface area contributed by atoms with Gasteiger partial charge < -0.3 is 25.7 Å². The van der Waals surface area contributed by atoms with Gasteiger partial charge in [-0.15, -0.1) is 0 Å². The number of carbonyl (C=O) groups excluding carboxylic acids is 2. The molecule has 0 bridgehead atoms. The van der Waals surface area contributed by atoms with Crippen molar-refractivity contribution in [2.45, 2.75) is 18.9 Å². The largest absolute Gasteiger partial charge is 0.370 e. The molecule has 2 heterocycles. The van der Waals surface area contributed by atoms with Crippen molar-refractivity contribution >= 4 is 11.8 Å². The number of hydrogen-bond donors (Lipinski definition) is 3. The number of aromatic nitrogens is 1. The van der Waals surface area contributed by atoms with Crippen molar-refractivity contribution in [1.29, 1.82) is 0 Å². The Hall–Kier alpha value is -1.86. The fraction of sp³-hybridized carbons (Fsp3) is 0.571. The molecule has 4 N–H and O–H groups in total. The van der Waals surface area contributed by atoms with Gasteiger partial charge in [-0.25, -0.2) is 0 Å². The number of primary amides is 1. The number of nitrogens with one attached hydrogen (secondary N) is 2. The number of piperidine rings is 1. The van der Waals surface area contributed by atoms with E-state index < -0.39 is 5.91 Å². The van der Waals surface area contributed by atoms with E-state index in [2.05, 4.69) is 10.6 Å². The maximum Gasteiger partial charge on any atom is 0.267 e. The first-order valence-electron chi connectivity index (χ1n) is 7.20. The highest BCUT2D eigenvalue weighted by molar-refractivity contribution is 5.92. The fourth-order valence-electron chi connectivity index (χ4n) is 2.49. The number of nitrogens with two attached hydrogens (primary N) is 1. The van der Waals surface area contributed by atoms with Crippen LogP contribution in [0.1, 0.15) is 29.4 Å². The molecule has 1 saturated heterocycles. The van der Waals surface area contributed by atoms with Crippen molar-refractivity contribution in [3.8, 4) is 0 Å². The predicted molar refractivity (Wildman–Crippen MR) is 77.9 cm³/mol. The number of nitrogens with zero attached hydrogens (tertiary/aromatic N) is 1. The van der Waals surface area contributed by atoms with Crippen LogP contribution in [0, 0.1) is 0 Å². The molecule has 116 valence electrons. The van der Waals surface area contributed by atoms with E-state index in [4.69, 9.17) is 10.5 Å². The van der Waals surface area contributed by atoms with Gasteiger partial charge in [0.2, 0.25) is 5.91 Å². The highest BCUT2D eigenvalue weighted by Crippen LogP contribution is 2.21. The zero-order valence-electron chi connectivity index (χ0n) is 12.0. The van der Waals surface area contributed by atoms with E-state index in [0.717, 1.165) is 25.9 Å². The lowest BCUT2D eigenvalue weighted by Gasteiger charge is -2.25. The Balaban J connectivity index is 1.82. The average molecular weight is 294 g/mol. The lowest BCUT2D eigenvalue weighted by molar-refractivity contribution is -0.122. The standard InChI is InChI=1S/C14H22N4O3/c15-13(19)10-21-9-7-17-14(20)12-2-1-8-18(12)11-3-5-16-6-4-11/h1-2,8,11,16H,3-7,9-10H2,(H2,15,19)(H,17,20).